The van der Waals surface area contributed by atoms with E-state index in [1.54, 1.807) is 0 Å². The van der Waals surface area contributed by atoms with Crippen LogP contribution < -0.4 is 5.32 Å². The zero-order valence-electron chi connectivity index (χ0n) is 12.5. The van der Waals surface area contributed by atoms with Gasteiger partial charge in [0, 0.05) is 40.8 Å². The second-order valence-electron chi connectivity index (χ2n) is 6.07. The van der Waals surface area contributed by atoms with Crippen molar-refractivity contribution in [1.82, 2.24) is 5.32 Å². The van der Waals surface area contributed by atoms with Crippen molar-refractivity contribution < 1.29 is 9.84 Å². The summed E-state index contributed by atoms with van der Waals surface area (Å²) in [7, 11) is 0. The summed E-state index contributed by atoms with van der Waals surface area (Å²) >= 11 is 1.86. The van der Waals surface area contributed by atoms with E-state index in [0.717, 1.165) is 32.6 Å². The van der Waals surface area contributed by atoms with Crippen LogP contribution in [0.2, 0.25) is 0 Å². The lowest BCUT2D eigenvalue weighted by molar-refractivity contribution is 0.122. The molecule has 0 amide bonds. The third-order valence-corrected chi connectivity index (χ3v) is 5.78. The minimum atomic E-state index is 0.111. The van der Waals surface area contributed by atoms with Gasteiger partial charge in [0.05, 0.1) is 6.61 Å². The summed E-state index contributed by atoms with van der Waals surface area (Å²) in [6.07, 6.45) is 1.86. The predicted molar refractivity (Wildman–Crippen MR) is 87.8 cm³/mol. The molecule has 2 aromatic rings. The van der Waals surface area contributed by atoms with E-state index in [9.17, 15) is 5.11 Å². The molecule has 2 atom stereocenters. The number of rotatable bonds is 6. The Morgan fingerprint density at radius 1 is 1.43 bits per heavy atom. The molecular formula is C17H23NO2S. The number of thiophene rings is 1. The van der Waals surface area contributed by atoms with Crippen molar-refractivity contribution in [1.29, 1.82) is 0 Å². The molecule has 1 aromatic carbocycles. The van der Waals surface area contributed by atoms with E-state index in [1.165, 1.54) is 15.0 Å². The van der Waals surface area contributed by atoms with Crippen LogP contribution in [0.4, 0.5) is 0 Å². The van der Waals surface area contributed by atoms with Gasteiger partial charge < -0.3 is 15.2 Å². The number of fused-ring (bicyclic) bond motifs is 1. The van der Waals surface area contributed by atoms with Crippen LogP contribution in [0.5, 0.6) is 0 Å². The third-order valence-electron chi connectivity index (χ3n) is 4.48. The van der Waals surface area contributed by atoms with Crippen LogP contribution in [-0.2, 0) is 4.74 Å². The minimum absolute atomic E-state index is 0.111. The Balaban J connectivity index is 1.66. The number of hydrogen-bond donors (Lipinski definition) is 2. The zero-order valence-corrected chi connectivity index (χ0v) is 13.3. The van der Waals surface area contributed by atoms with Gasteiger partial charge in [0.25, 0.3) is 0 Å². The molecule has 0 bridgehead atoms. The highest BCUT2D eigenvalue weighted by Gasteiger charge is 2.34. The molecule has 114 valence electrons. The standard InChI is InChI=1S/C17H23NO2S/c1-13(16-10-14-4-2-3-5-15(14)21-16)18-11-17(6-8-19)7-9-20-12-17/h2-5,10,13,18-19H,6-9,11-12H2,1H3. The van der Waals surface area contributed by atoms with E-state index in [4.69, 9.17) is 4.74 Å². The molecule has 1 aromatic heterocycles. The molecule has 3 rings (SSSR count). The monoisotopic (exact) mass is 305 g/mol. The summed E-state index contributed by atoms with van der Waals surface area (Å²) in [6, 6.07) is 11.1. The summed E-state index contributed by atoms with van der Waals surface area (Å²) in [5, 5.41) is 14.3. The highest BCUT2D eigenvalue weighted by atomic mass is 32.1. The lowest BCUT2D eigenvalue weighted by atomic mass is 9.84. The lowest BCUT2D eigenvalue weighted by Gasteiger charge is -2.28. The molecule has 0 radical (unpaired) electrons. The van der Waals surface area contributed by atoms with Gasteiger partial charge in [-0.25, -0.2) is 0 Å². The van der Waals surface area contributed by atoms with E-state index in [0.29, 0.717) is 6.04 Å². The van der Waals surface area contributed by atoms with Crippen LogP contribution in [0.3, 0.4) is 0 Å². The fourth-order valence-corrected chi connectivity index (χ4v) is 4.09. The number of benzene rings is 1. The fourth-order valence-electron chi connectivity index (χ4n) is 3.00. The van der Waals surface area contributed by atoms with Gasteiger partial charge in [-0.1, -0.05) is 18.2 Å². The normalized spacial score (nSPS) is 23.7. The van der Waals surface area contributed by atoms with Crippen molar-refractivity contribution in [2.24, 2.45) is 5.41 Å². The van der Waals surface area contributed by atoms with Gasteiger partial charge in [-0.15, -0.1) is 11.3 Å². The Kier molecular flexibility index (Phi) is 4.60. The highest BCUT2D eigenvalue weighted by Crippen LogP contribution is 2.34. The van der Waals surface area contributed by atoms with Gasteiger partial charge in [0.2, 0.25) is 0 Å². The number of aliphatic hydroxyl groups excluding tert-OH is 1. The van der Waals surface area contributed by atoms with Crippen molar-refractivity contribution in [2.45, 2.75) is 25.8 Å². The Labute approximate surface area is 129 Å². The molecule has 0 aliphatic carbocycles. The smallest absolute Gasteiger partial charge is 0.0536 e. The number of aliphatic hydroxyl groups is 1. The number of hydrogen-bond acceptors (Lipinski definition) is 4. The van der Waals surface area contributed by atoms with E-state index in [2.05, 4.69) is 42.6 Å². The summed E-state index contributed by atoms with van der Waals surface area (Å²) < 4.78 is 6.89. The predicted octanol–water partition coefficient (Wildman–Crippen LogP) is 3.34. The minimum Gasteiger partial charge on any atom is -0.396 e. The van der Waals surface area contributed by atoms with Gasteiger partial charge in [0.15, 0.2) is 0 Å². The van der Waals surface area contributed by atoms with Crippen molar-refractivity contribution >= 4 is 21.4 Å². The Morgan fingerprint density at radius 3 is 3.00 bits per heavy atom. The topological polar surface area (TPSA) is 41.5 Å². The molecule has 1 saturated heterocycles. The molecule has 2 heterocycles. The van der Waals surface area contributed by atoms with Crippen molar-refractivity contribution in [3.8, 4) is 0 Å². The first-order chi connectivity index (χ1) is 10.2. The first kappa shape index (κ1) is 15.0. The summed E-state index contributed by atoms with van der Waals surface area (Å²) in [5.41, 5.74) is 0.111. The maximum absolute atomic E-state index is 9.29. The molecule has 1 fully saturated rings. The van der Waals surface area contributed by atoms with Crippen LogP contribution in [-0.4, -0.2) is 31.5 Å². The summed E-state index contributed by atoms with van der Waals surface area (Å²) in [6.45, 7) is 4.94. The van der Waals surface area contributed by atoms with E-state index in [-0.39, 0.29) is 12.0 Å². The van der Waals surface area contributed by atoms with E-state index in [1.807, 2.05) is 11.3 Å². The van der Waals surface area contributed by atoms with E-state index >= 15 is 0 Å². The van der Waals surface area contributed by atoms with Crippen molar-refractivity contribution in [2.75, 3.05) is 26.4 Å². The van der Waals surface area contributed by atoms with Crippen LogP contribution in [0, 0.1) is 5.41 Å². The van der Waals surface area contributed by atoms with Gasteiger partial charge >= 0.3 is 0 Å². The molecule has 2 unspecified atom stereocenters. The molecule has 0 spiro atoms. The zero-order chi connectivity index (χ0) is 14.7. The molecule has 1 aliphatic heterocycles. The molecule has 2 N–H and O–H groups in total. The largest absolute Gasteiger partial charge is 0.396 e. The lowest BCUT2D eigenvalue weighted by Crippen LogP contribution is -2.36. The molecule has 0 saturated carbocycles. The van der Waals surface area contributed by atoms with Crippen LogP contribution in [0.25, 0.3) is 10.1 Å². The third kappa shape index (κ3) is 3.29. The van der Waals surface area contributed by atoms with E-state index < -0.39 is 0 Å². The van der Waals surface area contributed by atoms with Gasteiger partial charge in [-0.3, -0.25) is 0 Å². The van der Waals surface area contributed by atoms with Crippen LogP contribution in [0.1, 0.15) is 30.7 Å². The first-order valence-electron chi connectivity index (χ1n) is 7.63. The van der Waals surface area contributed by atoms with Crippen LogP contribution in [0.15, 0.2) is 30.3 Å². The summed E-state index contributed by atoms with van der Waals surface area (Å²) in [5.74, 6) is 0. The van der Waals surface area contributed by atoms with Crippen LogP contribution >= 0.6 is 11.3 Å². The maximum atomic E-state index is 9.29. The van der Waals surface area contributed by atoms with Crippen molar-refractivity contribution in [3.63, 3.8) is 0 Å². The maximum Gasteiger partial charge on any atom is 0.0536 e. The first-order valence-corrected chi connectivity index (χ1v) is 8.45. The van der Waals surface area contributed by atoms with Gasteiger partial charge in [0.1, 0.15) is 0 Å². The summed E-state index contributed by atoms with van der Waals surface area (Å²) in [4.78, 5) is 1.37. The molecular weight excluding hydrogens is 282 g/mol. The van der Waals surface area contributed by atoms with Gasteiger partial charge in [-0.2, -0.15) is 0 Å². The molecule has 3 nitrogen and oxygen atoms in total. The number of nitrogens with one attached hydrogen (secondary N) is 1. The second kappa shape index (κ2) is 6.44. The molecule has 21 heavy (non-hydrogen) atoms. The SMILES string of the molecule is CC(NCC1(CCO)CCOC1)c1cc2ccccc2s1. The Bertz CT molecular complexity index is 556. The Morgan fingerprint density at radius 2 is 2.29 bits per heavy atom. The molecule has 1 aliphatic rings. The Hall–Kier alpha value is -0.940. The molecule has 4 heteroatoms. The fraction of sp³-hybridized carbons (Fsp3) is 0.529. The second-order valence-corrected chi connectivity index (χ2v) is 7.18. The van der Waals surface area contributed by atoms with Gasteiger partial charge in [-0.05, 0) is 37.3 Å². The number of ether oxygens (including phenoxy) is 1. The van der Waals surface area contributed by atoms with Crippen molar-refractivity contribution in [3.05, 3.63) is 35.2 Å². The average Bonchev–Trinajstić information content (AvgIpc) is 3.12. The highest BCUT2D eigenvalue weighted by molar-refractivity contribution is 7.19. The average molecular weight is 305 g/mol. The quantitative estimate of drug-likeness (QED) is 0.860.